The first-order valence-electron chi connectivity index (χ1n) is 6.06. The quantitative estimate of drug-likeness (QED) is 0.796. The van der Waals surface area contributed by atoms with Gasteiger partial charge in [-0.05, 0) is 24.3 Å². The molecule has 0 aliphatic rings. The summed E-state index contributed by atoms with van der Waals surface area (Å²) in [7, 11) is 1.75. The highest BCUT2D eigenvalue weighted by Crippen LogP contribution is 2.17. The number of hydrogen-bond donors (Lipinski definition) is 3. The number of aromatic nitrogens is 1. The van der Waals surface area contributed by atoms with E-state index in [0.717, 1.165) is 0 Å². The van der Waals surface area contributed by atoms with E-state index in [4.69, 9.17) is 5.73 Å². The molecule has 0 atom stereocenters. The molecular weight excluding hydrogens is 256 g/mol. The number of carbonyl (C=O) groups is 2. The summed E-state index contributed by atoms with van der Waals surface area (Å²) >= 11 is 0. The summed E-state index contributed by atoms with van der Waals surface area (Å²) < 4.78 is 1.66. The minimum Gasteiger partial charge on any atom is -0.397 e. The normalized spacial score (nSPS) is 10.1. The molecule has 104 valence electrons. The van der Waals surface area contributed by atoms with Crippen LogP contribution in [0, 0.1) is 0 Å². The van der Waals surface area contributed by atoms with Crippen LogP contribution in [0.1, 0.15) is 17.4 Å². The lowest BCUT2D eigenvalue weighted by Gasteiger charge is -2.08. The number of nitrogens with zero attached hydrogens (tertiary/aromatic N) is 1. The monoisotopic (exact) mass is 272 g/mol. The molecule has 2 rings (SSSR count). The third kappa shape index (κ3) is 3.17. The van der Waals surface area contributed by atoms with Crippen molar-refractivity contribution in [2.24, 2.45) is 7.05 Å². The van der Waals surface area contributed by atoms with Gasteiger partial charge in [-0.1, -0.05) is 6.07 Å². The molecule has 1 aromatic carbocycles. The second-order valence-corrected chi connectivity index (χ2v) is 4.49. The van der Waals surface area contributed by atoms with Crippen LogP contribution < -0.4 is 16.4 Å². The maximum Gasteiger partial charge on any atom is 0.272 e. The highest BCUT2D eigenvalue weighted by molar-refractivity contribution is 6.04. The number of amides is 2. The number of nitrogens with two attached hydrogens (primary N) is 1. The first-order valence-corrected chi connectivity index (χ1v) is 6.06. The molecule has 0 spiro atoms. The molecule has 0 aliphatic carbocycles. The van der Waals surface area contributed by atoms with E-state index >= 15 is 0 Å². The van der Waals surface area contributed by atoms with Crippen LogP contribution >= 0.6 is 0 Å². The average molecular weight is 272 g/mol. The fraction of sp³-hybridized carbons (Fsp3) is 0.143. The van der Waals surface area contributed by atoms with Crippen molar-refractivity contribution < 1.29 is 9.59 Å². The summed E-state index contributed by atoms with van der Waals surface area (Å²) in [5.41, 5.74) is 7.86. The molecule has 0 saturated carbocycles. The minimum absolute atomic E-state index is 0.163. The molecule has 0 bridgehead atoms. The molecule has 4 N–H and O–H groups in total. The van der Waals surface area contributed by atoms with Gasteiger partial charge in [-0.2, -0.15) is 0 Å². The van der Waals surface area contributed by atoms with Crippen LogP contribution in [0.25, 0.3) is 0 Å². The van der Waals surface area contributed by atoms with Gasteiger partial charge in [0.1, 0.15) is 5.69 Å². The van der Waals surface area contributed by atoms with Crippen LogP contribution in [0.15, 0.2) is 36.5 Å². The summed E-state index contributed by atoms with van der Waals surface area (Å²) in [5.74, 6) is -0.423. The van der Waals surface area contributed by atoms with Crippen molar-refractivity contribution in [2.45, 2.75) is 6.92 Å². The van der Waals surface area contributed by atoms with Crippen molar-refractivity contribution in [3.8, 4) is 0 Å². The first kappa shape index (κ1) is 13.7. The highest BCUT2D eigenvalue weighted by atomic mass is 16.2. The third-order valence-corrected chi connectivity index (χ3v) is 2.70. The molecule has 6 heteroatoms. The fourth-order valence-corrected chi connectivity index (χ4v) is 1.89. The van der Waals surface area contributed by atoms with Crippen LogP contribution in [0.3, 0.4) is 0 Å². The van der Waals surface area contributed by atoms with Gasteiger partial charge in [0.15, 0.2) is 0 Å². The zero-order chi connectivity index (χ0) is 14.7. The number of nitrogens with one attached hydrogen (secondary N) is 2. The number of hydrogen-bond acceptors (Lipinski definition) is 3. The van der Waals surface area contributed by atoms with Crippen LogP contribution in [0.4, 0.5) is 17.1 Å². The number of carbonyl (C=O) groups excluding carboxylic acids is 2. The maximum atomic E-state index is 12.1. The number of aryl methyl sites for hydroxylation is 1. The molecule has 2 aromatic rings. The van der Waals surface area contributed by atoms with Crippen molar-refractivity contribution in [3.63, 3.8) is 0 Å². The number of benzene rings is 1. The van der Waals surface area contributed by atoms with Gasteiger partial charge in [0.05, 0.1) is 5.69 Å². The molecule has 1 heterocycles. The zero-order valence-corrected chi connectivity index (χ0v) is 11.3. The number of anilines is 3. The van der Waals surface area contributed by atoms with Crippen LogP contribution in [-0.4, -0.2) is 16.4 Å². The summed E-state index contributed by atoms with van der Waals surface area (Å²) in [4.78, 5) is 23.1. The van der Waals surface area contributed by atoms with Crippen molar-refractivity contribution in [1.82, 2.24) is 4.57 Å². The van der Waals surface area contributed by atoms with Gasteiger partial charge in [-0.15, -0.1) is 0 Å². The molecule has 0 unspecified atom stereocenters. The summed E-state index contributed by atoms with van der Waals surface area (Å²) in [5, 5.41) is 5.42. The Balaban J connectivity index is 2.15. The largest absolute Gasteiger partial charge is 0.397 e. The fourth-order valence-electron chi connectivity index (χ4n) is 1.89. The summed E-state index contributed by atoms with van der Waals surface area (Å²) in [6.45, 7) is 1.43. The highest BCUT2D eigenvalue weighted by Gasteiger charge is 2.11. The van der Waals surface area contributed by atoms with Crippen molar-refractivity contribution >= 4 is 28.9 Å². The first-order chi connectivity index (χ1) is 9.45. The van der Waals surface area contributed by atoms with E-state index in [1.54, 1.807) is 48.1 Å². The topological polar surface area (TPSA) is 89.2 Å². The molecule has 0 aliphatic heterocycles. The van der Waals surface area contributed by atoms with Gasteiger partial charge in [-0.3, -0.25) is 9.59 Å². The van der Waals surface area contributed by atoms with E-state index in [1.807, 2.05) is 0 Å². The maximum absolute atomic E-state index is 12.1. The molecule has 0 saturated heterocycles. The van der Waals surface area contributed by atoms with Crippen molar-refractivity contribution in [3.05, 3.63) is 42.2 Å². The Bertz CT molecular complexity index is 661. The van der Waals surface area contributed by atoms with E-state index in [-0.39, 0.29) is 11.8 Å². The molecule has 2 amide bonds. The van der Waals surface area contributed by atoms with E-state index < -0.39 is 0 Å². The smallest absolute Gasteiger partial charge is 0.272 e. The Labute approximate surface area is 116 Å². The Kier molecular flexibility index (Phi) is 3.74. The predicted molar refractivity (Wildman–Crippen MR) is 78.5 cm³/mol. The lowest BCUT2D eigenvalue weighted by Crippen LogP contribution is -2.15. The van der Waals surface area contributed by atoms with Crippen LogP contribution in [0.5, 0.6) is 0 Å². The van der Waals surface area contributed by atoms with E-state index in [1.165, 1.54) is 6.92 Å². The third-order valence-electron chi connectivity index (χ3n) is 2.70. The van der Waals surface area contributed by atoms with Crippen LogP contribution in [-0.2, 0) is 11.8 Å². The SMILES string of the molecule is CC(=O)Nc1cccc(NC(=O)c2cc(N)cn2C)c1. The number of nitrogen functional groups attached to an aromatic ring is 1. The van der Waals surface area contributed by atoms with Gasteiger partial charge in [0, 0.05) is 31.5 Å². The Morgan fingerprint density at radius 2 is 1.80 bits per heavy atom. The molecule has 20 heavy (non-hydrogen) atoms. The van der Waals surface area contributed by atoms with Crippen molar-refractivity contribution in [2.75, 3.05) is 16.4 Å². The second kappa shape index (κ2) is 5.48. The summed E-state index contributed by atoms with van der Waals surface area (Å²) in [6.07, 6.45) is 1.67. The molecular formula is C14H16N4O2. The second-order valence-electron chi connectivity index (χ2n) is 4.49. The van der Waals surface area contributed by atoms with Gasteiger partial charge in [-0.25, -0.2) is 0 Å². The summed E-state index contributed by atoms with van der Waals surface area (Å²) in [6, 6.07) is 8.53. The minimum atomic E-state index is -0.260. The zero-order valence-electron chi connectivity index (χ0n) is 11.3. The van der Waals surface area contributed by atoms with Gasteiger partial charge < -0.3 is 20.9 Å². The lowest BCUT2D eigenvalue weighted by atomic mass is 10.2. The van der Waals surface area contributed by atoms with Crippen molar-refractivity contribution in [1.29, 1.82) is 0 Å². The van der Waals surface area contributed by atoms with Gasteiger partial charge >= 0.3 is 0 Å². The predicted octanol–water partition coefficient (Wildman–Crippen LogP) is 1.82. The van der Waals surface area contributed by atoms with E-state index in [2.05, 4.69) is 10.6 Å². The van der Waals surface area contributed by atoms with Gasteiger partial charge in [0.2, 0.25) is 5.91 Å². The molecule has 6 nitrogen and oxygen atoms in total. The van der Waals surface area contributed by atoms with Crippen LogP contribution in [0.2, 0.25) is 0 Å². The molecule has 0 radical (unpaired) electrons. The Morgan fingerprint density at radius 3 is 2.35 bits per heavy atom. The lowest BCUT2D eigenvalue weighted by molar-refractivity contribution is -0.114. The number of rotatable bonds is 3. The Morgan fingerprint density at radius 1 is 1.15 bits per heavy atom. The average Bonchev–Trinajstić information content (AvgIpc) is 2.68. The van der Waals surface area contributed by atoms with E-state index in [9.17, 15) is 9.59 Å². The molecule has 0 fully saturated rings. The standard InChI is InChI=1S/C14H16N4O2/c1-9(19)16-11-4-3-5-12(7-11)17-14(20)13-6-10(15)8-18(13)2/h3-8H,15H2,1-2H3,(H,16,19)(H,17,20). The van der Waals surface area contributed by atoms with Gasteiger partial charge in [0.25, 0.3) is 5.91 Å². The molecule has 1 aromatic heterocycles. The Hall–Kier alpha value is -2.76. The van der Waals surface area contributed by atoms with E-state index in [0.29, 0.717) is 22.8 Å².